The normalized spacial score (nSPS) is 28.3. The Morgan fingerprint density at radius 3 is 2.67 bits per heavy atom. The number of ether oxygens (including phenoxy) is 1. The van der Waals surface area contributed by atoms with Crippen LogP contribution >= 0.6 is 11.6 Å². The number of halogens is 1. The Morgan fingerprint density at radius 2 is 2.07 bits per heavy atom. The summed E-state index contributed by atoms with van der Waals surface area (Å²) in [5.41, 5.74) is 0. The Hall–Kier alpha value is -0.280. The Morgan fingerprint density at radius 1 is 1.33 bits per heavy atom. The van der Waals surface area contributed by atoms with Crippen molar-refractivity contribution >= 4 is 17.5 Å². The monoisotopic (exact) mass is 231 g/mol. The lowest BCUT2D eigenvalue weighted by atomic mass is 10.1. The molecule has 1 unspecified atom stereocenters. The molecule has 0 spiro atoms. The molecular formula is C11H18ClNO2. The van der Waals surface area contributed by atoms with Gasteiger partial charge >= 0.3 is 0 Å². The summed E-state index contributed by atoms with van der Waals surface area (Å²) in [6.45, 7) is 2.46. The maximum absolute atomic E-state index is 11.9. The number of likely N-dealkylation sites (tertiary alicyclic amines) is 1. The van der Waals surface area contributed by atoms with Crippen LogP contribution in [0.3, 0.4) is 0 Å². The van der Waals surface area contributed by atoms with E-state index >= 15 is 0 Å². The quantitative estimate of drug-likeness (QED) is 0.679. The van der Waals surface area contributed by atoms with Crippen LogP contribution in [0.15, 0.2) is 0 Å². The lowest BCUT2D eigenvalue weighted by Crippen LogP contribution is -2.40. The summed E-state index contributed by atoms with van der Waals surface area (Å²) in [6.07, 6.45) is 4.73. The predicted octanol–water partition coefficient (Wildman–Crippen LogP) is 1.79. The molecule has 0 aliphatic carbocycles. The summed E-state index contributed by atoms with van der Waals surface area (Å²) >= 11 is 5.99. The number of carbonyl (C=O) groups excluding carboxylic acids is 1. The third-order valence-corrected chi connectivity index (χ3v) is 3.64. The molecule has 0 aromatic rings. The van der Waals surface area contributed by atoms with Gasteiger partial charge in [0, 0.05) is 25.1 Å². The minimum Gasteiger partial charge on any atom is -0.378 e. The van der Waals surface area contributed by atoms with E-state index < -0.39 is 0 Å². The van der Waals surface area contributed by atoms with E-state index in [4.69, 9.17) is 16.3 Å². The zero-order chi connectivity index (χ0) is 10.7. The van der Waals surface area contributed by atoms with Crippen molar-refractivity contribution in [3.8, 4) is 0 Å². The maximum atomic E-state index is 11.9. The van der Waals surface area contributed by atoms with Gasteiger partial charge in [-0.3, -0.25) is 4.79 Å². The van der Waals surface area contributed by atoms with Crippen molar-refractivity contribution in [2.45, 2.75) is 43.6 Å². The standard InChI is InChI=1S/C11H18ClNO2/c12-9-3-5-13(6-4-9)11(14)8-10-2-1-7-15-10/h9-10H,1-8H2. The zero-order valence-corrected chi connectivity index (χ0v) is 9.71. The zero-order valence-electron chi connectivity index (χ0n) is 8.95. The average molecular weight is 232 g/mol. The number of rotatable bonds is 2. The fourth-order valence-electron chi connectivity index (χ4n) is 2.23. The lowest BCUT2D eigenvalue weighted by molar-refractivity contribution is -0.134. The van der Waals surface area contributed by atoms with Crippen LogP contribution < -0.4 is 0 Å². The van der Waals surface area contributed by atoms with Gasteiger partial charge in [0.15, 0.2) is 0 Å². The second kappa shape index (κ2) is 5.17. The van der Waals surface area contributed by atoms with Crippen molar-refractivity contribution in [3.63, 3.8) is 0 Å². The highest BCUT2D eigenvalue weighted by Crippen LogP contribution is 2.20. The molecule has 86 valence electrons. The SMILES string of the molecule is O=C(CC1CCCO1)N1CCC(Cl)CC1. The molecule has 4 heteroatoms. The first-order chi connectivity index (χ1) is 7.25. The molecule has 2 aliphatic rings. The van der Waals surface area contributed by atoms with Gasteiger partial charge in [-0.25, -0.2) is 0 Å². The van der Waals surface area contributed by atoms with Crippen molar-refractivity contribution in [2.24, 2.45) is 0 Å². The van der Waals surface area contributed by atoms with Gasteiger partial charge in [-0.1, -0.05) is 0 Å². The number of hydrogen-bond donors (Lipinski definition) is 0. The van der Waals surface area contributed by atoms with Crippen LogP contribution in [0, 0.1) is 0 Å². The third kappa shape index (κ3) is 3.08. The van der Waals surface area contributed by atoms with E-state index in [0.29, 0.717) is 6.42 Å². The minimum absolute atomic E-state index is 0.172. The van der Waals surface area contributed by atoms with Gasteiger partial charge in [0.2, 0.25) is 5.91 Å². The fraction of sp³-hybridized carbons (Fsp3) is 0.909. The smallest absolute Gasteiger partial charge is 0.225 e. The highest BCUT2D eigenvalue weighted by atomic mass is 35.5. The molecule has 0 aromatic carbocycles. The number of hydrogen-bond acceptors (Lipinski definition) is 2. The van der Waals surface area contributed by atoms with Gasteiger partial charge in [-0.15, -0.1) is 11.6 Å². The molecule has 1 atom stereocenters. The molecule has 2 fully saturated rings. The number of amides is 1. The lowest BCUT2D eigenvalue weighted by Gasteiger charge is -2.30. The molecule has 1 amide bonds. The third-order valence-electron chi connectivity index (χ3n) is 3.20. The van der Waals surface area contributed by atoms with Crippen molar-refractivity contribution in [1.82, 2.24) is 4.90 Å². The molecule has 2 aliphatic heterocycles. The molecule has 2 saturated heterocycles. The second-order valence-corrected chi connectivity index (χ2v) is 5.01. The Kier molecular flexibility index (Phi) is 3.87. The van der Waals surface area contributed by atoms with Crippen molar-refractivity contribution in [3.05, 3.63) is 0 Å². The highest BCUT2D eigenvalue weighted by Gasteiger charge is 2.25. The minimum atomic E-state index is 0.172. The van der Waals surface area contributed by atoms with Crippen LogP contribution in [-0.4, -0.2) is 42.0 Å². The van der Waals surface area contributed by atoms with E-state index in [1.54, 1.807) is 0 Å². The van der Waals surface area contributed by atoms with Crippen molar-refractivity contribution in [1.29, 1.82) is 0 Å². The topological polar surface area (TPSA) is 29.5 Å². The van der Waals surface area contributed by atoms with E-state index in [1.165, 1.54) is 0 Å². The van der Waals surface area contributed by atoms with Crippen LogP contribution in [0.4, 0.5) is 0 Å². The summed E-state index contributed by atoms with van der Waals surface area (Å²) in [7, 11) is 0. The van der Waals surface area contributed by atoms with Crippen molar-refractivity contribution in [2.75, 3.05) is 19.7 Å². The molecule has 2 rings (SSSR count). The van der Waals surface area contributed by atoms with Gasteiger partial charge in [0.05, 0.1) is 12.5 Å². The van der Waals surface area contributed by atoms with Crippen LogP contribution in [0.1, 0.15) is 32.1 Å². The van der Waals surface area contributed by atoms with E-state index in [1.807, 2.05) is 4.90 Å². The summed E-state index contributed by atoms with van der Waals surface area (Å²) in [4.78, 5) is 13.8. The molecule has 2 heterocycles. The first kappa shape index (κ1) is 11.2. The first-order valence-electron chi connectivity index (χ1n) is 5.79. The van der Waals surface area contributed by atoms with Crippen molar-refractivity contribution < 1.29 is 9.53 Å². The second-order valence-electron chi connectivity index (χ2n) is 4.39. The van der Waals surface area contributed by atoms with Gasteiger partial charge < -0.3 is 9.64 Å². The van der Waals surface area contributed by atoms with Gasteiger partial charge in [-0.05, 0) is 25.7 Å². The Bertz CT molecular complexity index is 221. The maximum Gasteiger partial charge on any atom is 0.225 e. The summed E-state index contributed by atoms with van der Waals surface area (Å²) in [5.74, 6) is 0.241. The molecule has 3 nitrogen and oxygen atoms in total. The van der Waals surface area contributed by atoms with Crippen LogP contribution in [0.2, 0.25) is 0 Å². The predicted molar refractivity (Wildman–Crippen MR) is 59.0 cm³/mol. The summed E-state index contributed by atoms with van der Waals surface area (Å²) in [5, 5.41) is 0.261. The van der Waals surface area contributed by atoms with E-state index in [2.05, 4.69) is 0 Å². The van der Waals surface area contributed by atoms with E-state index in [9.17, 15) is 4.79 Å². The number of piperidine rings is 1. The largest absolute Gasteiger partial charge is 0.378 e. The molecule has 0 aromatic heterocycles. The van der Waals surface area contributed by atoms with Crippen LogP contribution in [0.25, 0.3) is 0 Å². The van der Waals surface area contributed by atoms with Gasteiger partial charge in [0.1, 0.15) is 0 Å². The summed E-state index contributed by atoms with van der Waals surface area (Å²) < 4.78 is 5.46. The molecule has 0 bridgehead atoms. The fourth-order valence-corrected chi connectivity index (χ4v) is 2.42. The Labute approximate surface area is 95.7 Å². The first-order valence-corrected chi connectivity index (χ1v) is 6.23. The van der Waals surface area contributed by atoms with Crippen LogP contribution in [0.5, 0.6) is 0 Å². The Balaban J connectivity index is 1.75. The molecule has 0 N–H and O–H groups in total. The van der Waals surface area contributed by atoms with E-state index in [-0.39, 0.29) is 17.4 Å². The number of carbonyl (C=O) groups is 1. The number of nitrogens with zero attached hydrogens (tertiary/aromatic N) is 1. The van der Waals surface area contributed by atoms with Crippen LogP contribution in [-0.2, 0) is 9.53 Å². The molecule has 15 heavy (non-hydrogen) atoms. The molecule has 0 radical (unpaired) electrons. The number of alkyl halides is 1. The van der Waals surface area contributed by atoms with Gasteiger partial charge in [0.25, 0.3) is 0 Å². The molecular weight excluding hydrogens is 214 g/mol. The average Bonchev–Trinajstić information content (AvgIpc) is 2.71. The van der Waals surface area contributed by atoms with E-state index in [0.717, 1.165) is 45.4 Å². The molecule has 0 saturated carbocycles. The summed E-state index contributed by atoms with van der Waals surface area (Å²) in [6, 6.07) is 0. The van der Waals surface area contributed by atoms with Gasteiger partial charge in [-0.2, -0.15) is 0 Å². The highest BCUT2D eigenvalue weighted by molar-refractivity contribution is 6.20.